The minimum absolute atomic E-state index is 0.156. The van der Waals surface area contributed by atoms with Crippen LogP contribution in [0, 0.1) is 0 Å². The second-order valence-electron chi connectivity index (χ2n) is 6.57. The van der Waals surface area contributed by atoms with Crippen LogP contribution in [0.4, 0.5) is 5.82 Å². The molecule has 0 bridgehead atoms. The summed E-state index contributed by atoms with van der Waals surface area (Å²) < 4.78 is 11.5. The lowest BCUT2D eigenvalue weighted by Gasteiger charge is -2.29. The SMILES string of the molecule is CC(=O)Oc1nc(N2CCNCC2)c2cccnc2c1OCc1ccccc1. The van der Waals surface area contributed by atoms with Crippen LogP contribution in [0.2, 0.25) is 0 Å². The highest BCUT2D eigenvalue weighted by Crippen LogP contribution is 2.38. The lowest BCUT2D eigenvalue weighted by molar-refractivity contribution is -0.132. The van der Waals surface area contributed by atoms with E-state index >= 15 is 0 Å². The number of carbonyl (C=O) groups excluding carboxylic acids is 1. The molecule has 1 aliphatic rings. The summed E-state index contributed by atoms with van der Waals surface area (Å²) in [5.74, 6) is 0.850. The van der Waals surface area contributed by atoms with Crippen molar-refractivity contribution >= 4 is 22.7 Å². The fourth-order valence-electron chi connectivity index (χ4n) is 3.26. The van der Waals surface area contributed by atoms with Crippen molar-refractivity contribution < 1.29 is 14.3 Å². The number of ether oxygens (including phenoxy) is 2. The van der Waals surface area contributed by atoms with Crippen LogP contribution in [0.25, 0.3) is 10.9 Å². The van der Waals surface area contributed by atoms with Crippen LogP contribution in [0.3, 0.4) is 0 Å². The van der Waals surface area contributed by atoms with Gasteiger partial charge >= 0.3 is 5.97 Å². The molecule has 1 aliphatic heterocycles. The first kappa shape index (κ1) is 18.2. The minimum Gasteiger partial charge on any atom is -0.481 e. The second kappa shape index (κ2) is 8.22. The van der Waals surface area contributed by atoms with Gasteiger partial charge in [-0.25, -0.2) is 0 Å². The maximum Gasteiger partial charge on any atom is 0.309 e. The molecule has 0 radical (unpaired) electrons. The smallest absolute Gasteiger partial charge is 0.309 e. The summed E-state index contributed by atoms with van der Waals surface area (Å²) in [6, 6.07) is 13.7. The normalized spacial score (nSPS) is 14.1. The first-order valence-electron chi connectivity index (χ1n) is 9.32. The number of rotatable bonds is 5. The number of pyridine rings is 2. The summed E-state index contributed by atoms with van der Waals surface area (Å²) in [5, 5.41) is 4.21. The van der Waals surface area contributed by atoms with Crippen molar-refractivity contribution in [2.24, 2.45) is 0 Å². The average Bonchev–Trinajstić information content (AvgIpc) is 2.73. The van der Waals surface area contributed by atoms with E-state index in [1.807, 2.05) is 42.5 Å². The number of fused-ring (bicyclic) bond motifs is 1. The van der Waals surface area contributed by atoms with Gasteiger partial charge in [0.15, 0.2) is 0 Å². The Morgan fingerprint density at radius 1 is 1.14 bits per heavy atom. The zero-order chi connectivity index (χ0) is 19.3. The van der Waals surface area contributed by atoms with E-state index in [0.717, 1.165) is 42.9 Å². The molecule has 0 aliphatic carbocycles. The van der Waals surface area contributed by atoms with E-state index in [1.165, 1.54) is 6.92 Å². The first-order valence-corrected chi connectivity index (χ1v) is 9.32. The quantitative estimate of drug-likeness (QED) is 0.684. The number of hydrogen-bond acceptors (Lipinski definition) is 7. The standard InChI is InChI=1S/C21H22N4O3/c1-15(26)28-21-19(27-14-16-6-3-2-4-7-16)18-17(8-5-9-23-18)20(24-21)25-12-10-22-11-13-25/h2-9,22H,10-14H2,1H3. The Hall–Kier alpha value is -3.19. The van der Waals surface area contributed by atoms with E-state index in [4.69, 9.17) is 9.47 Å². The molecule has 7 nitrogen and oxygen atoms in total. The summed E-state index contributed by atoms with van der Waals surface area (Å²) >= 11 is 0. The monoisotopic (exact) mass is 378 g/mol. The first-order chi connectivity index (χ1) is 13.7. The molecular formula is C21H22N4O3. The summed E-state index contributed by atoms with van der Waals surface area (Å²) in [4.78, 5) is 23.1. The number of aromatic nitrogens is 2. The highest BCUT2D eigenvalue weighted by molar-refractivity contribution is 5.95. The van der Waals surface area contributed by atoms with E-state index in [2.05, 4.69) is 20.2 Å². The summed E-state index contributed by atoms with van der Waals surface area (Å²) in [6.07, 6.45) is 1.71. The van der Waals surface area contributed by atoms with E-state index in [0.29, 0.717) is 17.9 Å². The predicted octanol–water partition coefficient (Wildman–Crippen LogP) is 2.54. The van der Waals surface area contributed by atoms with Crippen molar-refractivity contribution in [2.45, 2.75) is 13.5 Å². The van der Waals surface area contributed by atoms with Crippen LogP contribution in [-0.2, 0) is 11.4 Å². The molecule has 144 valence electrons. The lowest BCUT2D eigenvalue weighted by Crippen LogP contribution is -2.44. The summed E-state index contributed by atoms with van der Waals surface area (Å²) in [6.45, 7) is 5.07. The highest BCUT2D eigenvalue weighted by atomic mass is 16.6. The molecule has 0 saturated carbocycles. The zero-order valence-electron chi connectivity index (χ0n) is 15.7. The Balaban J connectivity index is 1.78. The molecule has 3 aromatic rings. The molecule has 0 spiro atoms. The Morgan fingerprint density at radius 3 is 2.68 bits per heavy atom. The average molecular weight is 378 g/mol. The van der Waals surface area contributed by atoms with E-state index in [9.17, 15) is 4.79 Å². The Labute approximate surface area is 163 Å². The van der Waals surface area contributed by atoms with Gasteiger partial charge in [0.1, 0.15) is 17.9 Å². The van der Waals surface area contributed by atoms with Crippen LogP contribution in [0.1, 0.15) is 12.5 Å². The topological polar surface area (TPSA) is 76.6 Å². The van der Waals surface area contributed by atoms with Crippen molar-refractivity contribution in [1.82, 2.24) is 15.3 Å². The fraction of sp³-hybridized carbons (Fsp3) is 0.286. The second-order valence-corrected chi connectivity index (χ2v) is 6.57. The van der Waals surface area contributed by atoms with Gasteiger partial charge in [-0.1, -0.05) is 30.3 Å². The number of piperazine rings is 1. The van der Waals surface area contributed by atoms with Crippen LogP contribution < -0.4 is 19.7 Å². The van der Waals surface area contributed by atoms with E-state index < -0.39 is 5.97 Å². The van der Waals surface area contributed by atoms with Gasteiger partial charge < -0.3 is 19.7 Å². The molecule has 1 aromatic carbocycles. The summed E-state index contributed by atoms with van der Waals surface area (Å²) in [5.41, 5.74) is 1.64. The van der Waals surface area contributed by atoms with Crippen LogP contribution in [0.15, 0.2) is 48.7 Å². The van der Waals surface area contributed by atoms with Crippen LogP contribution >= 0.6 is 0 Å². The van der Waals surface area contributed by atoms with Gasteiger partial charge in [-0.2, -0.15) is 4.98 Å². The van der Waals surface area contributed by atoms with Crippen LogP contribution in [-0.4, -0.2) is 42.1 Å². The zero-order valence-corrected chi connectivity index (χ0v) is 15.7. The predicted molar refractivity (Wildman–Crippen MR) is 107 cm³/mol. The number of nitrogens with one attached hydrogen (secondary N) is 1. The van der Waals surface area contributed by atoms with Gasteiger partial charge in [0.25, 0.3) is 5.88 Å². The van der Waals surface area contributed by atoms with Crippen molar-refractivity contribution in [3.63, 3.8) is 0 Å². The third kappa shape index (κ3) is 3.89. The van der Waals surface area contributed by atoms with Gasteiger partial charge in [-0.05, 0) is 17.7 Å². The number of benzene rings is 1. The minimum atomic E-state index is -0.446. The highest BCUT2D eigenvalue weighted by Gasteiger charge is 2.23. The maximum atomic E-state index is 11.7. The molecule has 2 aromatic heterocycles. The number of anilines is 1. The molecule has 0 amide bonds. The molecule has 0 atom stereocenters. The molecule has 3 heterocycles. The van der Waals surface area contributed by atoms with Gasteiger partial charge in [0.2, 0.25) is 5.75 Å². The van der Waals surface area contributed by atoms with E-state index in [1.54, 1.807) is 6.20 Å². The summed E-state index contributed by atoms with van der Waals surface area (Å²) in [7, 11) is 0. The molecule has 7 heteroatoms. The van der Waals surface area contributed by atoms with Crippen molar-refractivity contribution in [3.05, 3.63) is 54.2 Å². The molecule has 1 fully saturated rings. The molecule has 1 N–H and O–H groups in total. The Morgan fingerprint density at radius 2 is 1.93 bits per heavy atom. The van der Waals surface area contributed by atoms with Gasteiger partial charge in [-0.15, -0.1) is 0 Å². The number of nitrogens with zero attached hydrogens (tertiary/aromatic N) is 3. The van der Waals surface area contributed by atoms with Crippen molar-refractivity contribution in [1.29, 1.82) is 0 Å². The molecule has 4 rings (SSSR count). The molecule has 0 unspecified atom stereocenters. The maximum absolute atomic E-state index is 11.7. The number of hydrogen-bond donors (Lipinski definition) is 1. The Kier molecular flexibility index (Phi) is 5.34. The molecule has 28 heavy (non-hydrogen) atoms. The third-order valence-electron chi connectivity index (χ3n) is 4.55. The van der Waals surface area contributed by atoms with Gasteiger partial charge in [0, 0.05) is 44.7 Å². The van der Waals surface area contributed by atoms with Crippen molar-refractivity contribution in [3.8, 4) is 11.6 Å². The van der Waals surface area contributed by atoms with Gasteiger partial charge in [-0.3, -0.25) is 9.78 Å². The number of carbonyl (C=O) groups is 1. The Bertz CT molecular complexity index is 972. The van der Waals surface area contributed by atoms with Crippen molar-refractivity contribution in [2.75, 3.05) is 31.1 Å². The van der Waals surface area contributed by atoms with Gasteiger partial charge in [0.05, 0.1) is 0 Å². The third-order valence-corrected chi connectivity index (χ3v) is 4.55. The van der Waals surface area contributed by atoms with E-state index in [-0.39, 0.29) is 5.88 Å². The lowest BCUT2D eigenvalue weighted by atomic mass is 10.2. The molecular weight excluding hydrogens is 356 g/mol. The fourth-order valence-corrected chi connectivity index (χ4v) is 3.26. The number of esters is 1. The molecule has 1 saturated heterocycles. The van der Waals surface area contributed by atoms with Crippen LogP contribution in [0.5, 0.6) is 11.6 Å². The largest absolute Gasteiger partial charge is 0.481 e.